The molecule has 1 N–H and O–H groups in total. The Bertz CT molecular complexity index is 854. The van der Waals surface area contributed by atoms with Gasteiger partial charge in [-0.2, -0.15) is 10.2 Å². The monoisotopic (exact) mass is 387 g/mol. The van der Waals surface area contributed by atoms with Gasteiger partial charge in [-0.1, -0.05) is 12.1 Å². The van der Waals surface area contributed by atoms with Gasteiger partial charge in [0.1, 0.15) is 6.04 Å². The molecule has 1 aromatic carbocycles. The molecule has 0 spiro atoms. The van der Waals surface area contributed by atoms with Gasteiger partial charge in [0.2, 0.25) is 5.91 Å². The zero-order chi connectivity index (χ0) is 17.1. The summed E-state index contributed by atoms with van der Waals surface area (Å²) in [5, 5.41) is 11.4. The first-order valence-electron chi connectivity index (χ1n) is 7.60. The fourth-order valence-corrected chi connectivity index (χ4v) is 2.70. The second kappa shape index (κ2) is 7.00. The lowest BCUT2D eigenvalue weighted by atomic mass is 10.2. The first-order valence-corrected chi connectivity index (χ1v) is 8.39. The first kappa shape index (κ1) is 16.4. The van der Waals surface area contributed by atoms with Crippen LogP contribution in [0.2, 0.25) is 0 Å². The van der Waals surface area contributed by atoms with E-state index in [0.717, 1.165) is 21.3 Å². The molecule has 0 bridgehead atoms. The van der Waals surface area contributed by atoms with Crippen LogP contribution in [0.5, 0.6) is 0 Å². The van der Waals surface area contributed by atoms with Crippen LogP contribution in [0.3, 0.4) is 0 Å². The molecule has 2 aromatic heterocycles. The number of hydrogen-bond acceptors (Lipinski definition) is 3. The number of hydrogen-bond donors (Lipinski definition) is 1. The smallest absolute Gasteiger partial charge is 0.248 e. The van der Waals surface area contributed by atoms with Crippen molar-refractivity contribution >= 4 is 27.5 Å². The number of nitrogens with one attached hydrogen (secondary N) is 1. The van der Waals surface area contributed by atoms with Crippen molar-refractivity contribution < 1.29 is 4.79 Å². The highest BCUT2D eigenvalue weighted by molar-refractivity contribution is 9.10. The number of carbonyl (C=O) groups excluding carboxylic acids is 1. The van der Waals surface area contributed by atoms with Gasteiger partial charge in [0, 0.05) is 18.1 Å². The van der Waals surface area contributed by atoms with E-state index in [1.165, 1.54) is 0 Å². The van der Waals surface area contributed by atoms with E-state index in [9.17, 15) is 4.79 Å². The van der Waals surface area contributed by atoms with Crippen molar-refractivity contribution in [1.82, 2.24) is 19.6 Å². The van der Waals surface area contributed by atoms with Crippen molar-refractivity contribution in [2.45, 2.75) is 26.4 Å². The quantitative estimate of drug-likeness (QED) is 0.729. The topological polar surface area (TPSA) is 64.7 Å². The van der Waals surface area contributed by atoms with E-state index in [1.54, 1.807) is 17.1 Å². The maximum atomic E-state index is 12.4. The summed E-state index contributed by atoms with van der Waals surface area (Å²) in [5.74, 6) is -0.0999. The number of carbonyl (C=O) groups is 1. The minimum atomic E-state index is -0.371. The number of nitrogens with zero attached hydrogens (tertiary/aromatic N) is 4. The number of benzene rings is 1. The lowest BCUT2D eigenvalue weighted by Gasteiger charge is -2.13. The lowest BCUT2D eigenvalue weighted by Crippen LogP contribution is -2.24. The molecule has 0 aliphatic carbocycles. The number of rotatable bonds is 5. The molecule has 0 aliphatic heterocycles. The standard InChI is InChI=1S/C17H18BrN5O/c1-12-7-20-23(9-12)13(2)17(24)21-16-5-3-4-14(6-16)10-22-11-15(18)8-19-22/h3-9,11,13H,10H2,1-2H3,(H,21,24). The molecular weight excluding hydrogens is 370 g/mol. The average Bonchev–Trinajstić information content (AvgIpc) is 3.15. The lowest BCUT2D eigenvalue weighted by molar-refractivity contribution is -0.119. The Labute approximate surface area is 148 Å². The van der Waals surface area contributed by atoms with E-state index >= 15 is 0 Å². The fourth-order valence-electron chi connectivity index (χ4n) is 2.37. The third-order valence-corrected chi connectivity index (χ3v) is 4.06. The van der Waals surface area contributed by atoms with Gasteiger partial charge in [-0.15, -0.1) is 0 Å². The van der Waals surface area contributed by atoms with Gasteiger partial charge < -0.3 is 5.32 Å². The summed E-state index contributed by atoms with van der Waals surface area (Å²) >= 11 is 3.38. The Morgan fingerprint density at radius 3 is 2.79 bits per heavy atom. The molecule has 0 radical (unpaired) electrons. The van der Waals surface area contributed by atoms with E-state index in [2.05, 4.69) is 31.4 Å². The second-order valence-corrected chi connectivity index (χ2v) is 6.64. The van der Waals surface area contributed by atoms with E-state index in [4.69, 9.17) is 0 Å². The second-order valence-electron chi connectivity index (χ2n) is 5.72. The Morgan fingerprint density at radius 1 is 1.29 bits per heavy atom. The highest BCUT2D eigenvalue weighted by Crippen LogP contribution is 2.15. The summed E-state index contributed by atoms with van der Waals surface area (Å²) in [6.07, 6.45) is 7.26. The first-order chi connectivity index (χ1) is 11.5. The highest BCUT2D eigenvalue weighted by Gasteiger charge is 2.15. The summed E-state index contributed by atoms with van der Waals surface area (Å²) < 4.78 is 4.44. The van der Waals surface area contributed by atoms with E-state index in [-0.39, 0.29) is 11.9 Å². The zero-order valence-electron chi connectivity index (χ0n) is 13.5. The van der Waals surface area contributed by atoms with Gasteiger partial charge in [-0.25, -0.2) is 0 Å². The number of amides is 1. The van der Waals surface area contributed by atoms with Gasteiger partial charge in [0.15, 0.2) is 0 Å². The van der Waals surface area contributed by atoms with Gasteiger partial charge in [-0.05, 0) is 53.0 Å². The van der Waals surface area contributed by atoms with E-state index in [0.29, 0.717) is 6.54 Å². The predicted molar refractivity (Wildman–Crippen MR) is 95.8 cm³/mol. The number of anilines is 1. The fraction of sp³-hybridized carbons (Fsp3) is 0.235. The van der Waals surface area contributed by atoms with Crippen LogP contribution in [0.15, 0.2) is 53.5 Å². The molecule has 3 rings (SSSR count). The molecule has 0 fully saturated rings. The SMILES string of the molecule is Cc1cnn(C(C)C(=O)Nc2cccc(Cn3cc(Br)cn3)c2)c1. The van der Waals surface area contributed by atoms with Crippen molar-refractivity contribution in [2.24, 2.45) is 0 Å². The molecule has 0 saturated heterocycles. The molecule has 2 heterocycles. The molecule has 0 aliphatic rings. The number of halogens is 1. The molecule has 0 saturated carbocycles. The third kappa shape index (κ3) is 3.91. The Balaban J connectivity index is 1.68. The van der Waals surface area contributed by atoms with Crippen LogP contribution in [0.4, 0.5) is 5.69 Å². The Kier molecular flexibility index (Phi) is 4.80. The van der Waals surface area contributed by atoms with Crippen molar-refractivity contribution in [3.05, 3.63) is 64.7 Å². The summed E-state index contributed by atoms with van der Waals surface area (Å²) in [6.45, 7) is 4.42. The maximum Gasteiger partial charge on any atom is 0.248 e. The van der Waals surface area contributed by atoms with Crippen molar-refractivity contribution in [2.75, 3.05) is 5.32 Å². The molecule has 1 amide bonds. The normalized spacial score (nSPS) is 12.1. The molecule has 24 heavy (non-hydrogen) atoms. The minimum Gasteiger partial charge on any atom is -0.324 e. The zero-order valence-corrected chi connectivity index (χ0v) is 15.1. The molecule has 124 valence electrons. The summed E-state index contributed by atoms with van der Waals surface area (Å²) in [4.78, 5) is 12.4. The van der Waals surface area contributed by atoms with Crippen LogP contribution in [0.1, 0.15) is 24.1 Å². The molecule has 7 heteroatoms. The van der Waals surface area contributed by atoms with E-state index in [1.807, 2.05) is 55.2 Å². The summed E-state index contributed by atoms with van der Waals surface area (Å²) in [7, 11) is 0. The summed E-state index contributed by atoms with van der Waals surface area (Å²) in [6, 6.07) is 7.39. The molecule has 1 unspecified atom stereocenters. The largest absolute Gasteiger partial charge is 0.324 e. The van der Waals surface area contributed by atoms with Crippen LogP contribution in [-0.2, 0) is 11.3 Å². The minimum absolute atomic E-state index is 0.0999. The molecule has 3 aromatic rings. The Hall–Kier alpha value is -2.41. The van der Waals surface area contributed by atoms with Crippen LogP contribution in [0, 0.1) is 6.92 Å². The predicted octanol–water partition coefficient (Wildman–Crippen LogP) is 3.40. The van der Waals surface area contributed by atoms with Crippen molar-refractivity contribution in [3.8, 4) is 0 Å². The summed E-state index contributed by atoms with van der Waals surface area (Å²) in [5.41, 5.74) is 2.85. The average molecular weight is 388 g/mol. The van der Waals surface area contributed by atoms with E-state index < -0.39 is 0 Å². The number of aromatic nitrogens is 4. The molecule has 6 nitrogen and oxygen atoms in total. The Morgan fingerprint density at radius 2 is 2.12 bits per heavy atom. The number of aryl methyl sites for hydroxylation is 1. The van der Waals surface area contributed by atoms with Crippen molar-refractivity contribution in [1.29, 1.82) is 0 Å². The van der Waals surface area contributed by atoms with Gasteiger partial charge in [0.05, 0.1) is 23.4 Å². The molecule has 1 atom stereocenters. The van der Waals surface area contributed by atoms with Crippen LogP contribution >= 0.6 is 15.9 Å². The van der Waals surface area contributed by atoms with Crippen LogP contribution < -0.4 is 5.32 Å². The van der Waals surface area contributed by atoms with Gasteiger partial charge in [0.25, 0.3) is 0 Å². The highest BCUT2D eigenvalue weighted by atomic mass is 79.9. The maximum absolute atomic E-state index is 12.4. The third-order valence-electron chi connectivity index (χ3n) is 3.65. The van der Waals surface area contributed by atoms with Gasteiger partial charge in [-0.3, -0.25) is 14.2 Å². The van der Waals surface area contributed by atoms with Crippen molar-refractivity contribution in [3.63, 3.8) is 0 Å². The van der Waals surface area contributed by atoms with Crippen LogP contribution in [-0.4, -0.2) is 25.5 Å². The van der Waals surface area contributed by atoms with Crippen LogP contribution in [0.25, 0.3) is 0 Å². The van der Waals surface area contributed by atoms with Gasteiger partial charge >= 0.3 is 0 Å². The molecular formula is C17H18BrN5O.